The maximum atomic E-state index is 14.0. The molecule has 0 spiro atoms. The quantitative estimate of drug-likeness (QED) is 0.403. The average molecular weight is 478 g/mol. The summed E-state index contributed by atoms with van der Waals surface area (Å²) in [7, 11) is 0. The zero-order valence-corrected chi connectivity index (χ0v) is 20.1. The van der Waals surface area contributed by atoms with Crippen molar-refractivity contribution in [2.24, 2.45) is 0 Å². The second kappa shape index (κ2) is 9.56. The van der Waals surface area contributed by atoms with Gasteiger partial charge in [0.05, 0.1) is 22.6 Å². The van der Waals surface area contributed by atoms with E-state index in [-0.39, 0.29) is 5.91 Å². The summed E-state index contributed by atoms with van der Waals surface area (Å²) in [5.74, 6) is 0.420. The fourth-order valence-corrected chi connectivity index (χ4v) is 4.97. The number of nitrogens with zero attached hydrogens (tertiary/aromatic N) is 5. The van der Waals surface area contributed by atoms with Gasteiger partial charge in [0.2, 0.25) is 0 Å². The van der Waals surface area contributed by atoms with Gasteiger partial charge in [-0.25, -0.2) is 4.98 Å². The van der Waals surface area contributed by atoms with Gasteiger partial charge in [0.1, 0.15) is 5.69 Å². The number of pyridine rings is 1. The topological polar surface area (TPSA) is 86.3 Å². The van der Waals surface area contributed by atoms with Crippen molar-refractivity contribution in [3.8, 4) is 17.3 Å². The molecule has 180 valence electrons. The van der Waals surface area contributed by atoms with Gasteiger partial charge in [-0.2, -0.15) is 5.26 Å². The number of carbonyl (C=O) groups is 1. The molecule has 2 aliphatic rings. The van der Waals surface area contributed by atoms with Crippen LogP contribution in [0.15, 0.2) is 65.2 Å². The molecule has 0 unspecified atom stereocenters. The molecule has 0 bridgehead atoms. The highest BCUT2D eigenvalue weighted by molar-refractivity contribution is 6.09. The summed E-state index contributed by atoms with van der Waals surface area (Å²) in [5, 5.41) is 14.1. The average Bonchev–Trinajstić information content (AvgIpc) is 3.72. The van der Waals surface area contributed by atoms with Crippen LogP contribution in [0.5, 0.6) is 0 Å². The van der Waals surface area contributed by atoms with Crippen molar-refractivity contribution in [1.29, 1.82) is 5.26 Å². The first-order valence-electron chi connectivity index (χ1n) is 12.6. The molecule has 0 radical (unpaired) electrons. The minimum absolute atomic E-state index is 0.0184. The molecule has 1 aliphatic heterocycles. The molecule has 4 aromatic rings. The van der Waals surface area contributed by atoms with E-state index in [0.29, 0.717) is 46.9 Å². The molecule has 36 heavy (non-hydrogen) atoms. The van der Waals surface area contributed by atoms with Gasteiger partial charge in [0, 0.05) is 49.9 Å². The van der Waals surface area contributed by atoms with E-state index in [9.17, 15) is 4.79 Å². The minimum Gasteiger partial charge on any atom is -0.337 e. The van der Waals surface area contributed by atoms with Crippen LogP contribution in [-0.2, 0) is 6.54 Å². The maximum absolute atomic E-state index is 14.0. The largest absolute Gasteiger partial charge is 0.337 e. The van der Waals surface area contributed by atoms with Gasteiger partial charge >= 0.3 is 0 Å². The number of hydrogen-bond acceptors (Lipinski definition) is 6. The van der Waals surface area contributed by atoms with Crippen LogP contribution in [0.1, 0.15) is 52.4 Å². The van der Waals surface area contributed by atoms with Crippen molar-refractivity contribution in [3.63, 3.8) is 0 Å². The third kappa shape index (κ3) is 4.48. The van der Waals surface area contributed by atoms with Crippen LogP contribution in [0.2, 0.25) is 0 Å². The van der Waals surface area contributed by atoms with Crippen LogP contribution in [0.25, 0.3) is 22.4 Å². The Hall–Kier alpha value is -4.02. The number of carbonyl (C=O) groups excluding carboxylic acids is 1. The van der Waals surface area contributed by atoms with Crippen molar-refractivity contribution in [2.75, 3.05) is 26.2 Å². The zero-order valence-electron chi connectivity index (χ0n) is 20.1. The predicted octanol–water partition coefficient (Wildman–Crippen LogP) is 4.99. The molecule has 1 saturated heterocycles. The smallest absolute Gasteiger partial charge is 0.259 e. The molecule has 1 saturated carbocycles. The summed E-state index contributed by atoms with van der Waals surface area (Å²) in [6.45, 7) is 3.89. The first kappa shape index (κ1) is 22.4. The molecule has 1 aliphatic carbocycles. The summed E-state index contributed by atoms with van der Waals surface area (Å²) >= 11 is 0. The summed E-state index contributed by atoms with van der Waals surface area (Å²) < 4.78 is 5.66. The number of hydrogen-bond donors (Lipinski definition) is 0. The van der Waals surface area contributed by atoms with E-state index < -0.39 is 0 Å². The first-order chi connectivity index (χ1) is 17.7. The molecular weight excluding hydrogens is 450 g/mol. The second-order valence-corrected chi connectivity index (χ2v) is 9.68. The number of fused-ring (bicyclic) bond motifs is 1. The van der Waals surface area contributed by atoms with Crippen LogP contribution in [0, 0.1) is 11.3 Å². The monoisotopic (exact) mass is 477 g/mol. The Balaban J connectivity index is 1.27. The lowest BCUT2D eigenvalue weighted by molar-refractivity contribution is 0.0763. The molecule has 1 amide bonds. The molecule has 0 atom stereocenters. The normalized spacial score (nSPS) is 16.6. The fraction of sp³-hybridized carbons (Fsp3) is 0.310. The van der Waals surface area contributed by atoms with E-state index in [1.807, 2.05) is 65.6 Å². The Bertz CT molecular complexity index is 1430. The Morgan fingerprint density at radius 2 is 1.83 bits per heavy atom. The SMILES string of the molecule is N#Cc1ccc(CN2CCCN(C(=O)c3cc(C4CC4)nc4onc(-c5ccccc5)c34)CC2)cc1. The molecule has 2 fully saturated rings. The van der Waals surface area contributed by atoms with E-state index in [4.69, 9.17) is 14.8 Å². The van der Waals surface area contributed by atoms with Crippen LogP contribution >= 0.6 is 0 Å². The van der Waals surface area contributed by atoms with Crippen molar-refractivity contribution in [3.05, 3.63) is 83.0 Å². The van der Waals surface area contributed by atoms with Crippen molar-refractivity contribution >= 4 is 17.0 Å². The van der Waals surface area contributed by atoms with E-state index in [2.05, 4.69) is 16.1 Å². The Kier molecular flexibility index (Phi) is 5.96. The summed E-state index contributed by atoms with van der Waals surface area (Å²) in [6, 6.07) is 21.7. The second-order valence-electron chi connectivity index (χ2n) is 9.68. The van der Waals surface area contributed by atoms with Gasteiger partial charge in [-0.05, 0) is 43.0 Å². The van der Waals surface area contributed by atoms with Crippen LogP contribution in [0.3, 0.4) is 0 Å². The van der Waals surface area contributed by atoms with E-state index in [1.54, 1.807) is 0 Å². The minimum atomic E-state index is 0.0184. The maximum Gasteiger partial charge on any atom is 0.259 e. The molecule has 2 aromatic carbocycles. The van der Waals surface area contributed by atoms with Gasteiger partial charge in [-0.3, -0.25) is 9.69 Å². The fourth-order valence-electron chi connectivity index (χ4n) is 4.97. The highest BCUT2D eigenvalue weighted by Crippen LogP contribution is 2.41. The van der Waals surface area contributed by atoms with Gasteiger partial charge in [-0.1, -0.05) is 47.6 Å². The van der Waals surface area contributed by atoms with Crippen LogP contribution < -0.4 is 0 Å². The van der Waals surface area contributed by atoms with Gasteiger partial charge in [0.25, 0.3) is 11.6 Å². The standard InChI is InChI=1S/C29H27N5O2/c30-18-20-7-9-21(10-8-20)19-33-13-4-14-34(16-15-33)29(35)24-17-25(22-11-12-22)31-28-26(24)27(32-36-28)23-5-2-1-3-6-23/h1-3,5-10,17,22H,4,11-16,19H2. The first-order valence-corrected chi connectivity index (χ1v) is 12.6. The van der Waals surface area contributed by atoms with Crippen LogP contribution in [-0.4, -0.2) is 52.0 Å². The molecule has 7 nitrogen and oxygen atoms in total. The summed E-state index contributed by atoms with van der Waals surface area (Å²) in [5.41, 5.74) is 5.44. The van der Waals surface area contributed by atoms with Gasteiger partial charge < -0.3 is 9.42 Å². The number of aromatic nitrogens is 2. The molecule has 2 aromatic heterocycles. The van der Waals surface area contributed by atoms with E-state index in [0.717, 1.165) is 50.2 Å². The third-order valence-corrected chi connectivity index (χ3v) is 7.10. The van der Waals surface area contributed by atoms with E-state index in [1.165, 1.54) is 5.56 Å². The number of amides is 1. The summed E-state index contributed by atoms with van der Waals surface area (Å²) in [4.78, 5) is 23.0. The zero-order chi connectivity index (χ0) is 24.5. The van der Waals surface area contributed by atoms with Crippen molar-refractivity contribution < 1.29 is 9.32 Å². The lowest BCUT2D eigenvalue weighted by Crippen LogP contribution is -2.35. The molecule has 0 N–H and O–H groups in total. The Morgan fingerprint density at radius 1 is 1.03 bits per heavy atom. The Labute approximate surface area is 209 Å². The summed E-state index contributed by atoms with van der Waals surface area (Å²) in [6.07, 6.45) is 3.10. The van der Waals surface area contributed by atoms with E-state index >= 15 is 0 Å². The number of benzene rings is 2. The van der Waals surface area contributed by atoms with Gasteiger partial charge in [0.15, 0.2) is 0 Å². The molecular formula is C29H27N5O2. The third-order valence-electron chi connectivity index (χ3n) is 7.10. The van der Waals surface area contributed by atoms with Crippen molar-refractivity contribution in [2.45, 2.75) is 31.7 Å². The lowest BCUT2D eigenvalue weighted by Gasteiger charge is -2.22. The number of nitriles is 1. The van der Waals surface area contributed by atoms with Crippen LogP contribution in [0.4, 0.5) is 0 Å². The number of rotatable bonds is 5. The predicted molar refractivity (Wildman–Crippen MR) is 136 cm³/mol. The molecule has 6 rings (SSSR count). The Morgan fingerprint density at radius 3 is 2.58 bits per heavy atom. The highest BCUT2D eigenvalue weighted by atomic mass is 16.5. The molecule has 7 heteroatoms. The highest BCUT2D eigenvalue weighted by Gasteiger charge is 2.31. The molecule has 3 heterocycles. The van der Waals surface area contributed by atoms with Gasteiger partial charge in [-0.15, -0.1) is 0 Å². The van der Waals surface area contributed by atoms with Crippen molar-refractivity contribution in [1.82, 2.24) is 19.9 Å². The lowest BCUT2D eigenvalue weighted by atomic mass is 10.0.